The van der Waals surface area contributed by atoms with Crippen molar-refractivity contribution in [1.82, 2.24) is 15.6 Å². The molecular formula is C20H30N4O2. The van der Waals surface area contributed by atoms with E-state index in [1.807, 2.05) is 0 Å². The molecule has 1 aliphatic rings. The van der Waals surface area contributed by atoms with E-state index in [1.165, 1.54) is 22.0 Å². The standard InChI is InChI=1S/C20H30N4O2/c1-15-5-3-6-18-19(15)16(13-24-18)7-10-23-20(21-2)22-9-4-11-26-17-8-12-25-14-17/h3,5-6,13,17,24H,4,7-12,14H2,1-2H3,(H2,21,22,23). The zero-order valence-electron chi connectivity index (χ0n) is 15.8. The maximum atomic E-state index is 5.77. The molecule has 2 heterocycles. The van der Waals surface area contributed by atoms with Crippen LogP contribution in [-0.2, 0) is 15.9 Å². The van der Waals surface area contributed by atoms with Crippen LogP contribution in [0.15, 0.2) is 29.4 Å². The average Bonchev–Trinajstić information content (AvgIpc) is 3.30. The van der Waals surface area contributed by atoms with Gasteiger partial charge in [-0.25, -0.2) is 0 Å². The van der Waals surface area contributed by atoms with Crippen LogP contribution in [-0.4, -0.2) is 57.0 Å². The molecule has 6 heteroatoms. The van der Waals surface area contributed by atoms with Gasteiger partial charge in [0.05, 0.1) is 12.7 Å². The van der Waals surface area contributed by atoms with Crippen LogP contribution >= 0.6 is 0 Å². The highest BCUT2D eigenvalue weighted by molar-refractivity contribution is 5.86. The van der Waals surface area contributed by atoms with E-state index in [0.717, 1.165) is 58.1 Å². The molecular weight excluding hydrogens is 328 g/mol. The SMILES string of the molecule is CN=C(NCCCOC1CCOC1)NCCc1c[nH]c2cccc(C)c12. The predicted molar refractivity (Wildman–Crippen MR) is 106 cm³/mol. The summed E-state index contributed by atoms with van der Waals surface area (Å²) in [5, 5.41) is 8.07. The lowest BCUT2D eigenvalue weighted by Gasteiger charge is -2.13. The van der Waals surface area contributed by atoms with Crippen LogP contribution in [0.1, 0.15) is 24.0 Å². The summed E-state index contributed by atoms with van der Waals surface area (Å²) in [6.07, 6.45) is 5.32. The Balaban J connectivity index is 1.36. The highest BCUT2D eigenvalue weighted by Crippen LogP contribution is 2.22. The van der Waals surface area contributed by atoms with Gasteiger partial charge in [-0.1, -0.05) is 12.1 Å². The van der Waals surface area contributed by atoms with Gasteiger partial charge in [0, 0.05) is 50.5 Å². The quantitative estimate of drug-likeness (QED) is 0.385. The van der Waals surface area contributed by atoms with E-state index in [9.17, 15) is 0 Å². The molecule has 0 radical (unpaired) electrons. The van der Waals surface area contributed by atoms with Crippen LogP contribution in [0, 0.1) is 6.92 Å². The Labute approximate surface area is 155 Å². The number of hydrogen-bond donors (Lipinski definition) is 3. The Bertz CT molecular complexity index is 720. The Kier molecular flexibility index (Phi) is 6.91. The van der Waals surface area contributed by atoms with Crippen molar-refractivity contribution in [3.05, 3.63) is 35.5 Å². The van der Waals surface area contributed by atoms with Gasteiger partial charge in [-0.3, -0.25) is 4.99 Å². The minimum atomic E-state index is 0.284. The van der Waals surface area contributed by atoms with Crippen LogP contribution in [0.25, 0.3) is 10.9 Å². The molecule has 1 unspecified atom stereocenters. The largest absolute Gasteiger partial charge is 0.379 e. The Hall–Kier alpha value is -2.05. The van der Waals surface area contributed by atoms with E-state index >= 15 is 0 Å². The zero-order valence-corrected chi connectivity index (χ0v) is 15.8. The fourth-order valence-electron chi connectivity index (χ4n) is 3.36. The number of hydrogen-bond acceptors (Lipinski definition) is 3. The summed E-state index contributed by atoms with van der Waals surface area (Å²) in [5.41, 5.74) is 3.86. The van der Waals surface area contributed by atoms with Crippen molar-refractivity contribution in [3.63, 3.8) is 0 Å². The number of aryl methyl sites for hydroxylation is 1. The molecule has 1 aromatic heterocycles. The minimum absolute atomic E-state index is 0.284. The summed E-state index contributed by atoms with van der Waals surface area (Å²) in [4.78, 5) is 7.64. The second-order valence-corrected chi connectivity index (χ2v) is 6.70. The van der Waals surface area contributed by atoms with E-state index in [4.69, 9.17) is 9.47 Å². The van der Waals surface area contributed by atoms with E-state index in [-0.39, 0.29) is 6.10 Å². The number of aliphatic imine (C=N–C) groups is 1. The summed E-state index contributed by atoms with van der Waals surface area (Å²) in [5.74, 6) is 0.839. The number of H-pyrrole nitrogens is 1. The summed E-state index contributed by atoms with van der Waals surface area (Å²) in [7, 11) is 1.80. The van der Waals surface area contributed by atoms with Crippen molar-refractivity contribution in [1.29, 1.82) is 0 Å². The molecule has 2 aromatic rings. The van der Waals surface area contributed by atoms with Crippen LogP contribution in [0.5, 0.6) is 0 Å². The van der Waals surface area contributed by atoms with E-state index in [0.29, 0.717) is 0 Å². The van der Waals surface area contributed by atoms with Crippen LogP contribution in [0.2, 0.25) is 0 Å². The number of aromatic nitrogens is 1. The van der Waals surface area contributed by atoms with E-state index < -0.39 is 0 Å². The summed E-state index contributed by atoms with van der Waals surface area (Å²) >= 11 is 0. The molecule has 0 amide bonds. The Morgan fingerprint density at radius 2 is 2.23 bits per heavy atom. The lowest BCUT2D eigenvalue weighted by Crippen LogP contribution is -2.39. The first kappa shape index (κ1) is 18.7. The molecule has 1 fully saturated rings. The number of ether oxygens (including phenoxy) is 2. The van der Waals surface area contributed by atoms with Crippen LogP contribution in [0.3, 0.4) is 0 Å². The molecule has 0 spiro atoms. The predicted octanol–water partition coefficient (Wildman–Crippen LogP) is 2.38. The van der Waals surface area contributed by atoms with Gasteiger partial charge in [-0.05, 0) is 43.4 Å². The monoisotopic (exact) mass is 358 g/mol. The molecule has 1 aliphatic heterocycles. The molecule has 0 aliphatic carbocycles. The highest BCUT2D eigenvalue weighted by Gasteiger charge is 2.15. The van der Waals surface area contributed by atoms with Crippen LogP contribution in [0.4, 0.5) is 0 Å². The first-order chi connectivity index (χ1) is 12.8. The Morgan fingerprint density at radius 1 is 1.35 bits per heavy atom. The molecule has 3 rings (SSSR count). The normalized spacial score (nSPS) is 17.8. The van der Waals surface area contributed by atoms with Gasteiger partial charge >= 0.3 is 0 Å². The summed E-state index contributed by atoms with van der Waals surface area (Å²) in [6, 6.07) is 6.37. The molecule has 26 heavy (non-hydrogen) atoms. The summed E-state index contributed by atoms with van der Waals surface area (Å²) in [6.45, 7) is 6.18. The lowest BCUT2D eigenvalue weighted by molar-refractivity contribution is 0.0420. The fourth-order valence-corrected chi connectivity index (χ4v) is 3.36. The third-order valence-electron chi connectivity index (χ3n) is 4.76. The van der Waals surface area contributed by atoms with Crippen LogP contribution < -0.4 is 10.6 Å². The third kappa shape index (κ3) is 4.99. The summed E-state index contributed by atoms with van der Waals surface area (Å²) < 4.78 is 11.1. The molecule has 0 saturated carbocycles. The molecule has 0 bridgehead atoms. The molecule has 1 aromatic carbocycles. The number of nitrogens with zero attached hydrogens (tertiary/aromatic N) is 1. The van der Waals surface area contributed by atoms with Crippen molar-refractivity contribution >= 4 is 16.9 Å². The van der Waals surface area contributed by atoms with Gasteiger partial charge in [-0.15, -0.1) is 0 Å². The van der Waals surface area contributed by atoms with Crippen molar-refractivity contribution in [3.8, 4) is 0 Å². The number of rotatable bonds is 8. The lowest BCUT2D eigenvalue weighted by atomic mass is 10.1. The first-order valence-corrected chi connectivity index (χ1v) is 9.47. The fraction of sp³-hybridized carbons (Fsp3) is 0.550. The maximum Gasteiger partial charge on any atom is 0.190 e. The molecule has 1 saturated heterocycles. The third-order valence-corrected chi connectivity index (χ3v) is 4.76. The van der Waals surface area contributed by atoms with E-state index in [1.54, 1.807) is 7.05 Å². The second kappa shape index (κ2) is 9.59. The van der Waals surface area contributed by atoms with Gasteiger partial charge in [0.25, 0.3) is 0 Å². The number of fused-ring (bicyclic) bond motifs is 1. The molecule has 6 nitrogen and oxygen atoms in total. The zero-order chi connectivity index (χ0) is 18.2. The molecule has 142 valence electrons. The van der Waals surface area contributed by atoms with Gasteiger partial charge in [0.2, 0.25) is 0 Å². The number of aromatic amines is 1. The molecule has 1 atom stereocenters. The van der Waals surface area contributed by atoms with Crippen molar-refractivity contribution in [2.75, 3.05) is 40.0 Å². The van der Waals surface area contributed by atoms with Gasteiger partial charge in [0.1, 0.15) is 0 Å². The smallest absolute Gasteiger partial charge is 0.190 e. The Morgan fingerprint density at radius 3 is 3.04 bits per heavy atom. The van der Waals surface area contributed by atoms with Gasteiger partial charge < -0.3 is 25.1 Å². The van der Waals surface area contributed by atoms with Crippen molar-refractivity contribution in [2.24, 2.45) is 4.99 Å². The van der Waals surface area contributed by atoms with Crippen molar-refractivity contribution < 1.29 is 9.47 Å². The van der Waals surface area contributed by atoms with Gasteiger partial charge in [0.15, 0.2) is 5.96 Å². The topological polar surface area (TPSA) is 70.7 Å². The van der Waals surface area contributed by atoms with Gasteiger partial charge in [-0.2, -0.15) is 0 Å². The number of benzene rings is 1. The second-order valence-electron chi connectivity index (χ2n) is 6.70. The highest BCUT2D eigenvalue weighted by atomic mass is 16.5. The number of guanidine groups is 1. The first-order valence-electron chi connectivity index (χ1n) is 9.47. The van der Waals surface area contributed by atoms with E-state index in [2.05, 4.69) is 51.9 Å². The minimum Gasteiger partial charge on any atom is -0.379 e. The average molecular weight is 358 g/mol. The van der Waals surface area contributed by atoms with Crippen molar-refractivity contribution in [2.45, 2.75) is 32.3 Å². The molecule has 3 N–H and O–H groups in total. The maximum absolute atomic E-state index is 5.77. The number of nitrogens with one attached hydrogen (secondary N) is 3.